The lowest BCUT2D eigenvalue weighted by Gasteiger charge is -2.02. The van der Waals surface area contributed by atoms with Crippen LogP contribution in [0.1, 0.15) is 55.6 Å². The summed E-state index contributed by atoms with van der Waals surface area (Å²) in [5.74, 6) is -4.49. The number of halogens is 11. The van der Waals surface area contributed by atoms with Gasteiger partial charge < -0.3 is 0 Å². The van der Waals surface area contributed by atoms with Crippen LogP contribution in [0.2, 0.25) is 0 Å². The lowest BCUT2D eigenvalue weighted by atomic mass is 10.0. The highest BCUT2D eigenvalue weighted by Crippen LogP contribution is 2.23. The van der Waals surface area contributed by atoms with Gasteiger partial charge in [-0.2, -0.15) is 0 Å². The molecule has 0 N–H and O–H groups in total. The minimum Gasteiger partial charge on any atom is -0.207 e. The topological polar surface area (TPSA) is 0 Å². The molecule has 0 fully saturated rings. The zero-order valence-corrected chi connectivity index (χ0v) is 53.6. The third-order valence-corrected chi connectivity index (χ3v) is 13.1. The van der Waals surface area contributed by atoms with Crippen LogP contribution in [-0.2, 0) is 0 Å². The van der Waals surface area contributed by atoms with Gasteiger partial charge in [0, 0.05) is 12.1 Å². The van der Waals surface area contributed by atoms with E-state index in [9.17, 15) is 48.3 Å². The maximum Gasteiger partial charge on any atom is 0.159 e. The lowest BCUT2D eigenvalue weighted by Crippen LogP contribution is -1.82. The second-order valence-electron chi connectivity index (χ2n) is 21.6. The fourth-order valence-electron chi connectivity index (χ4n) is 7.92. The number of hydrogen-bond acceptors (Lipinski definition) is 0. The molecule has 0 bridgehead atoms. The molecule has 12 aromatic carbocycles. The number of aryl methyl sites for hydroxylation is 10. The van der Waals surface area contributed by atoms with Crippen molar-refractivity contribution >= 4 is 0 Å². The van der Waals surface area contributed by atoms with E-state index in [1.807, 2.05) is 75.4 Å². The van der Waals surface area contributed by atoms with Crippen molar-refractivity contribution in [2.24, 2.45) is 0 Å². The highest BCUT2D eigenvalue weighted by atomic mass is 19.2. The van der Waals surface area contributed by atoms with Crippen molar-refractivity contribution in [2.45, 2.75) is 69.2 Å². The molecule has 0 radical (unpaired) electrons. The third kappa shape index (κ3) is 30.5. The number of benzene rings is 12. The van der Waals surface area contributed by atoms with Crippen molar-refractivity contribution in [3.8, 4) is 33.4 Å². The second kappa shape index (κ2) is 39.9. The van der Waals surface area contributed by atoms with E-state index < -0.39 is 34.9 Å². The first-order valence-electron chi connectivity index (χ1n) is 29.4. The minimum atomic E-state index is -0.791. The number of rotatable bonds is 3. The Bertz CT molecular complexity index is 3840. The molecule has 0 unspecified atom stereocenters. The average molecular weight is 1270 g/mol. The van der Waals surface area contributed by atoms with E-state index in [2.05, 4.69) is 81.4 Å². The van der Waals surface area contributed by atoms with Gasteiger partial charge in [0.15, 0.2) is 11.6 Å². The summed E-state index contributed by atoms with van der Waals surface area (Å²) < 4.78 is 135. The molecule has 12 rings (SSSR count). The molecule has 12 aromatic rings. The molecule has 0 saturated carbocycles. The normalized spacial score (nSPS) is 9.77. The van der Waals surface area contributed by atoms with Crippen LogP contribution in [0.15, 0.2) is 273 Å². The van der Waals surface area contributed by atoms with Gasteiger partial charge in [0.05, 0.1) is 0 Å². The van der Waals surface area contributed by atoms with Crippen molar-refractivity contribution in [3.63, 3.8) is 0 Å². The highest BCUT2D eigenvalue weighted by Gasteiger charge is 2.02. The minimum absolute atomic E-state index is 0.132. The summed E-state index contributed by atoms with van der Waals surface area (Å²) in [7, 11) is 0. The van der Waals surface area contributed by atoms with E-state index >= 15 is 0 Å². The Morgan fingerprint density at radius 1 is 0.151 bits per heavy atom. The second-order valence-corrected chi connectivity index (χ2v) is 21.6. The zero-order valence-electron chi connectivity index (χ0n) is 53.6. The first-order chi connectivity index (χ1) is 44.2. The van der Waals surface area contributed by atoms with Gasteiger partial charge in [0.25, 0.3) is 0 Å². The molecule has 11 heteroatoms. The van der Waals surface area contributed by atoms with Crippen LogP contribution in [0.25, 0.3) is 33.4 Å². The first-order valence-corrected chi connectivity index (χ1v) is 29.4. The Morgan fingerprint density at radius 2 is 0.484 bits per heavy atom. The van der Waals surface area contributed by atoms with Crippen molar-refractivity contribution in [1.29, 1.82) is 0 Å². The highest BCUT2D eigenvalue weighted by molar-refractivity contribution is 5.65. The number of hydrogen-bond donors (Lipinski definition) is 0. The third-order valence-electron chi connectivity index (χ3n) is 13.1. The Morgan fingerprint density at radius 3 is 0.839 bits per heavy atom. The molecule has 0 saturated heterocycles. The van der Waals surface area contributed by atoms with Crippen LogP contribution in [0, 0.1) is 133 Å². The van der Waals surface area contributed by atoms with Crippen LogP contribution in [0.5, 0.6) is 0 Å². The van der Waals surface area contributed by atoms with Gasteiger partial charge in [0.1, 0.15) is 52.4 Å². The van der Waals surface area contributed by atoms with E-state index in [4.69, 9.17) is 0 Å². The van der Waals surface area contributed by atoms with Gasteiger partial charge >= 0.3 is 0 Å². The molecular weight excluding hydrogens is 1190 g/mol. The Balaban J connectivity index is 0.000000225. The van der Waals surface area contributed by atoms with Gasteiger partial charge in [-0.25, -0.2) is 48.3 Å². The van der Waals surface area contributed by atoms with Gasteiger partial charge in [-0.1, -0.05) is 204 Å². The SMILES string of the molecule is Cc1cc(F)cc(F)c1.Cc1ccc(-c2ccc(F)cc2)cc1.Cc1ccc(-c2cccc(C)c2)cc1.Cc1ccc(-c2cccc(F)c2)cc1.Cc1ccc(F)c(F)c1.Cc1ccc(F)cc1.Cc1ccc(F)cc1F.Cc1cccc(F)c1.Cc1ccccc1F. The summed E-state index contributed by atoms with van der Waals surface area (Å²) in [5.41, 5.74) is 16.3. The van der Waals surface area contributed by atoms with E-state index in [-0.39, 0.29) is 29.1 Å². The maximum atomic E-state index is 12.9. The predicted octanol–water partition coefficient (Wildman–Crippen LogP) is 24.8. The van der Waals surface area contributed by atoms with Crippen LogP contribution in [0.3, 0.4) is 0 Å². The molecule has 480 valence electrons. The molecule has 0 aliphatic heterocycles. The van der Waals surface area contributed by atoms with Crippen LogP contribution in [0.4, 0.5) is 48.3 Å². The monoisotopic (exact) mass is 1270 g/mol. The van der Waals surface area contributed by atoms with Crippen molar-refractivity contribution < 1.29 is 48.3 Å². The first kappa shape index (κ1) is 75.3. The van der Waals surface area contributed by atoms with E-state index in [0.717, 1.165) is 63.2 Å². The zero-order chi connectivity index (χ0) is 68.4. The molecule has 0 aliphatic rings. The fraction of sp³-hybridized carbons (Fsp3) is 0.122. The molecule has 0 aromatic heterocycles. The summed E-state index contributed by atoms with van der Waals surface area (Å²) in [6.07, 6.45) is 0. The predicted molar refractivity (Wildman–Crippen MR) is 361 cm³/mol. The van der Waals surface area contributed by atoms with Crippen LogP contribution < -0.4 is 0 Å². The fourth-order valence-corrected chi connectivity index (χ4v) is 7.92. The summed E-state index contributed by atoms with van der Waals surface area (Å²) in [6, 6.07) is 77.0. The van der Waals surface area contributed by atoms with Crippen LogP contribution in [-0.4, -0.2) is 0 Å². The Hall–Kier alpha value is -10.1. The largest absolute Gasteiger partial charge is 0.207 e. The van der Waals surface area contributed by atoms with E-state index in [1.165, 1.54) is 112 Å². The summed E-state index contributed by atoms with van der Waals surface area (Å²) in [4.78, 5) is 0. The molecule has 0 nitrogen and oxygen atoms in total. The lowest BCUT2D eigenvalue weighted by molar-refractivity contribution is 0.508. The van der Waals surface area contributed by atoms with Crippen molar-refractivity contribution in [3.05, 3.63) is 393 Å². The maximum absolute atomic E-state index is 12.9. The van der Waals surface area contributed by atoms with Gasteiger partial charge in [-0.3, -0.25) is 0 Å². The van der Waals surface area contributed by atoms with E-state index in [1.54, 1.807) is 82.3 Å². The summed E-state index contributed by atoms with van der Waals surface area (Å²) >= 11 is 0. The van der Waals surface area contributed by atoms with Gasteiger partial charge in [-0.05, 0) is 215 Å². The Labute approximate surface area is 541 Å². The molecule has 0 amide bonds. The summed E-state index contributed by atoms with van der Waals surface area (Å²) in [5, 5.41) is 0. The van der Waals surface area contributed by atoms with Gasteiger partial charge in [-0.15, -0.1) is 0 Å². The van der Waals surface area contributed by atoms with E-state index in [0.29, 0.717) is 16.7 Å². The quantitative estimate of drug-likeness (QED) is 0.155. The van der Waals surface area contributed by atoms with Crippen molar-refractivity contribution in [2.75, 3.05) is 0 Å². The molecule has 0 spiro atoms. The van der Waals surface area contributed by atoms with Crippen molar-refractivity contribution in [1.82, 2.24) is 0 Å². The Kier molecular flexibility index (Phi) is 32.3. The summed E-state index contributed by atoms with van der Waals surface area (Å²) in [6.45, 7) is 18.8. The molecule has 0 aliphatic carbocycles. The molecule has 0 heterocycles. The standard InChI is InChI=1S/C14H14.2C13H11F.3C7H6F2.3C7H7F/c1-11-6-8-13(9-7-11)14-5-3-4-12(2)10-14;1-10-2-4-11(5-3-10)12-6-8-13(14)9-7-12;1-10-5-7-11(8-6-10)12-3-2-4-13(14)9-12;1-5-2-6(8)4-7(9)3-5;1-5-2-3-6(8)4-7(5)9;1-5-2-3-6(8)7(9)4-5;1-6-2-4-7(8)5-3-6;1-6-3-2-4-7(8)5-6;1-6-4-2-3-5-7(6)8/h3-10H,1-2H3;2*2-9H,1H3;3*2-4H,1H3;3*2-5H,1H3. The molecule has 93 heavy (non-hydrogen) atoms. The smallest absolute Gasteiger partial charge is 0.159 e. The van der Waals surface area contributed by atoms with Crippen LogP contribution >= 0.6 is 0 Å². The van der Waals surface area contributed by atoms with Gasteiger partial charge in [0.2, 0.25) is 0 Å². The average Bonchev–Trinajstić information content (AvgIpc) is 1.27. The molecule has 0 atom stereocenters. The molecular formula is C82H75F11.